The number of rotatable bonds is 5. The zero-order valence-electron chi connectivity index (χ0n) is 12.4. The Morgan fingerprint density at radius 3 is 2.65 bits per heavy atom. The van der Waals surface area contributed by atoms with Gasteiger partial charge in [-0.1, -0.05) is 0 Å². The highest BCUT2D eigenvalue weighted by atomic mass is 32.1. The molecule has 1 N–H and O–H groups in total. The van der Waals surface area contributed by atoms with E-state index in [-0.39, 0.29) is 5.91 Å². The van der Waals surface area contributed by atoms with Gasteiger partial charge in [-0.3, -0.25) is 9.48 Å². The first kappa shape index (κ1) is 14.8. The highest BCUT2D eigenvalue weighted by Crippen LogP contribution is 2.17. The number of fused-ring (bicyclic) bond motifs is 1. The van der Waals surface area contributed by atoms with Crippen molar-refractivity contribution >= 4 is 29.3 Å². The number of nitrogens with one attached hydrogen (secondary N) is 1. The van der Waals surface area contributed by atoms with Crippen molar-refractivity contribution < 1.29 is 4.79 Å². The third-order valence-electron chi connectivity index (χ3n) is 3.59. The van der Waals surface area contributed by atoms with Gasteiger partial charge in [0.2, 0.25) is 5.91 Å². The minimum atomic E-state index is 0.158. The molecule has 2 heterocycles. The van der Waals surface area contributed by atoms with Crippen LogP contribution in [-0.2, 0) is 18.4 Å². The highest BCUT2D eigenvalue weighted by molar-refractivity contribution is 7.71. The number of carbonyl (C=O) groups is 1. The summed E-state index contributed by atoms with van der Waals surface area (Å²) in [5.41, 5.74) is 2.81. The van der Waals surface area contributed by atoms with Gasteiger partial charge in [-0.15, -0.1) is 0 Å². The molecule has 6 nitrogen and oxygen atoms in total. The minimum Gasteiger partial charge on any atom is -0.343 e. The quantitative estimate of drug-likeness (QED) is 0.858. The standard InChI is InChI=1S/C13H21N5OS/c1-5-17(6-2)10(19)7-8-18-12-11(14-13(18)20)9(3)15-16(12)4/h5-8H2,1-4H3,(H,14,20). The van der Waals surface area contributed by atoms with E-state index in [4.69, 9.17) is 12.2 Å². The summed E-state index contributed by atoms with van der Waals surface area (Å²) in [6.07, 6.45) is 0.452. The molecule has 0 aliphatic heterocycles. The normalized spacial score (nSPS) is 11.2. The minimum absolute atomic E-state index is 0.158. The molecule has 0 bridgehead atoms. The first-order valence-electron chi connectivity index (χ1n) is 6.89. The zero-order valence-corrected chi connectivity index (χ0v) is 13.3. The molecular formula is C13H21N5OS. The van der Waals surface area contributed by atoms with E-state index in [0.29, 0.717) is 17.7 Å². The lowest BCUT2D eigenvalue weighted by molar-refractivity contribution is -0.131. The maximum absolute atomic E-state index is 12.1. The smallest absolute Gasteiger partial charge is 0.224 e. The predicted octanol–water partition coefficient (Wildman–Crippen LogP) is 2.00. The summed E-state index contributed by atoms with van der Waals surface area (Å²) in [5, 5.41) is 4.37. The number of nitrogens with zero attached hydrogens (tertiary/aromatic N) is 4. The van der Waals surface area contributed by atoms with Crippen LogP contribution < -0.4 is 0 Å². The van der Waals surface area contributed by atoms with E-state index in [1.165, 1.54) is 0 Å². The van der Waals surface area contributed by atoms with Crippen molar-refractivity contribution in [2.45, 2.75) is 33.7 Å². The van der Waals surface area contributed by atoms with E-state index in [1.807, 2.05) is 37.3 Å². The van der Waals surface area contributed by atoms with Crippen LogP contribution in [-0.4, -0.2) is 43.2 Å². The molecule has 0 saturated carbocycles. The van der Waals surface area contributed by atoms with Crippen molar-refractivity contribution in [3.05, 3.63) is 10.5 Å². The molecule has 0 aromatic carbocycles. The van der Waals surface area contributed by atoms with Gasteiger partial charge in [0.1, 0.15) is 5.52 Å². The summed E-state index contributed by atoms with van der Waals surface area (Å²) in [7, 11) is 1.89. The van der Waals surface area contributed by atoms with Crippen molar-refractivity contribution in [3.8, 4) is 0 Å². The number of H-pyrrole nitrogens is 1. The molecule has 0 saturated heterocycles. The van der Waals surface area contributed by atoms with E-state index < -0.39 is 0 Å². The zero-order chi connectivity index (χ0) is 14.9. The first-order chi connectivity index (χ1) is 9.49. The number of amides is 1. The van der Waals surface area contributed by atoms with Gasteiger partial charge < -0.3 is 14.5 Å². The van der Waals surface area contributed by atoms with Gasteiger partial charge in [0.15, 0.2) is 10.4 Å². The Hall–Kier alpha value is -1.63. The molecule has 1 amide bonds. The van der Waals surface area contributed by atoms with Gasteiger partial charge in [-0.2, -0.15) is 5.10 Å². The Morgan fingerprint density at radius 2 is 2.05 bits per heavy atom. The largest absolute Gasteiger partial charge is 0.343 e. The van der Waals surface area contributed by atoms with E-state index in [9.17, 15) is 4.79 Å². The van der Waals surface area contributed by atoms with Crippen LogP contribution in [0.25, 0.3) is 11.2 Å². The van der Waals surface area contributed by atoms with Crippen LogP contribution >= 0.6 is 12.2 Å². The maximum Gasteiger partial charge on any atom is 0.224 e. The van der Waals surface area contributed by atoms with E-state index in [0.717, 1.165) is 29.9 Å². The average molecular weight is 295 g/mol. The number of hydrogen-bond donors (Lipinski definition) is 1. The summed E-state index contributed by atoms with van der Waals surface area (Å²) in [6.45, 7) is 7.99. The van der Waals surface area contributed by atoms with E-state index in [1.54, 1.807) is 4.68 Å². The summed E-state index contributed by atoms with van der Waals surface area (Å²) in [5.74, 6) is 0.158. The summed E-state index contributed by atoms with van der Waals surface area (Å²) in [6, 6.07) is 0. The van der Waals surface area contributed by atoms with Crippen LogP contribution in [0.2, 0.25) is 0 Å². The second-order valence-corrected chi connectivity index (χ2v) is 5.19. The van der Waals surface area contributed by atoms with Crippen molar-refractivity contribution in [3.63, 3.8) is 0 Å². The number of imidazole rings is 1. The molecular weight excluding hydrogens is 274 g/mol. The Kier molecular flexibility index (Phi) is 4.27. The molecule has 7 heteroatoms. The molecule has 0 aliphatic rings. The lowest BCUT2D eigenvalue weighted by Gasteiger charge is -2.18. The van der Waals surface area contributed by atoms with Crippen molar-refractivity contribution in [2.75, 3.05) is 13.1 Å². The molecule has 0 spiro atoms. The van der Waals surface area contributed by atoms with Gasteiger partial charge in [-0.25, -0.2) is 0 Å². The summed E-state index contributed by atoms with van der Waals surface area (Å²) in [4.78, 5) is 17.1. The van der Waals surface area contributed by atoms with E-state index in [2.05, 4.69) is 10.1 Å². The molecule has 20 heavy (non-hydrogen) atoms. The number of carbonyl (C=O) groups excluding carboxylic acids is 1. The number of aryl methyl sites for hydroxylation is 3. The molecule has 0 radical (unpaired) electrons. The van der Waals surface area contributed by atoms with Crippen molar-refractivity contribution in [1.82, 2.24) is 24.2 Å². The van der Waals surface area contributed by atoms with Crippen LogP contribution in [0, 0.1) is 11.7 Å². The second kappa shape index (κ2) is 5.78. The number of hydrogen-bond acceptors (Lipinski definition) is 3. The van der Waals surface area contributed by atoms with Gasteiger partial charge in [0.25, 0.3) is 0 Å². The Balaban J connectivity index is 2.24. The fraction of sp³-hybridized carbons (Fsp3) is 0.615. The summed E-state index contributed by atoms with van der Waals surface area (Å²) >= 11 is 5.34. The third-order valence-corrected chi connectivity index (χ3v) is 3.91. The molecule has 0 unspecified atom stereocenters. The maximum atomic E-state index is 12.1. The third kappa shape index (κ3) is 2.49. The molecule has 0 atom stereocenters. The molecule has 0 aliphatic carbocycles. The lowest BCUT2D eigenvalue weighted by atomic mass is 10.3. The lowest BCUT2D eigenvalue weighted by Crippen LogP contribution is -2.31. The van der Waals surface area contributed by atoms with Gasteiger partial charge in [-0.05, 0) is 33.0 Å². The molecule has 2 rings (SSSR count). The van der Waals surface area contributed by atoms with Crippen molar-refractivity contribution in [2.24, 2.45) is 7.05 Å². The molecule has 2 aromatic rings. The van der Waals surface area contributed by atoms with Crippen molar-refractivity contribution in [1.29, 1.82) is 0 Å². The monoisotopic (exact) mass is 295 g/mol. The van der Waals surface area contributed by atoms with Crippen LogP contribution in [0.3, 0.4) is 0 Å². The Morgan fingerprint density at radius 1 is 1.40 bits per heavy atom. The Bertz CT molecular complexity index is 677. The topological polar surface area (TPSA) is 58.9 Å². The molecule has 110 valence electrons. The SMILES string of the molecule is CCN(CC)C(=O)CCn1c(=S)[nH]c2c(C)nn(C)c21. The number of aromatic nitrogens is 4. The fourth-order valence-electron chi connectivity index (χ4n) is 2.52. The van der Waals surface area contributed by atoms with E-state index >= 15 is 0 Å². The summed E-state index contributed by atoms with van der Waals surface area (Å²) < 4.78 is 4.40. The number of aromatic amines is 1. The Labute approximate surface area is 123 Å². The van der Waals surface area contributed by atoms with Gasteiger partial charge in [0, 0.05) is 33.1 Å². The van der Waals surface area contributed by atoms with Crippen LogP contribution in [0.1, 0.15) is 26.0 Å². The predicted molar refractivity (Wildman–Crippen MR) is 81.2 cm³/mol. The van der Waals surface area contributed by atoms with Gasteiger partial charge in [0.05, 0.1) is 5.69 Å². The molecule has 0 fully saturated rings. The second-order valence-electron chi connectivity index (χ2n) is 4.81. The molecule has 2 aromatic heterocycles. The van der Waals surface area contributed by atoms with Crippen LogP contribution in [0.15, 0.2) is 0 Å². The van der Waals surface area contributed by atoms with Crippen LogP contribution in [0.5, 0.6) is 0 Å². The van der Waals surface area contributed by atoms with Gasteiger partial charge >= 0.3 is 0 Å². The van der Waals surface area contributed by atoms with Crippen LogP contribution in [0.4, 0.5) is 0 Å². The fourth-order valence-corrected chi connectivity index (χ4v) is 2.80. The average Bonchev–Trinajstić information content (AvgIpc) is 2.87. The highest BCUT2D eigenvalue weighted by Gasteiger charge is 2.15. The first-order valence-corrected chi connectivity index (χ1v) is 7.30.